The standard InChI is InChI=1S/C19H25N5O2/c25-14-15-2-1-3-16(12-15)19-21-17(23-6-4-20-5-7-23)13-18(22-19)24-8-10-26-11-9-24/h1-3,12-13,20,25H,4-11,14H2. The lowest BCUT2D eigenvalue weighted by atomic mass is 10.1. The molecule has 7 heteroatoms. The molecule has 0 bridgehead atoms. The first kappa shape index (κ1) is 17.2. The average Bonchev–Trinajstić information content (AvgIpc) is 2.75. The molecule has 0 aliphatic carbocycles. The fourth-order valence-corrected chi connectivity index (χ4v) is 3.37. The van der Waals surface area contributed by atoms with Crippen LogP contribution in [-0.4, -0.2) is 67.6 Å². The first-order valence-corrected chi connectivity index (χ1v) is 9.21. The largest absolute Gasteiger partial charge is 0.392 e. The Balaban J connectivity index is 1.73. The van der Waals surface area contributed by atoms with Crippen LogP contribution in [0.15, 0.2) is 30.3 Å². The minimum atomic E-state index is 0.0155. The number of piperazine rings is 1. The number of hydrogen-bond acceptors (Lipinski definition) is 7. The van der Waals surface area contributed by atoms with E-state index in [0.717, 1.165) is 75.2 Å². The lowest BCUT2D eigenvalue weighted by Gasteiger charge is -2.31. The van der Waals surface area contributed by atoms with E-state index in [1.807, 2.05) is 24.3 Å². The van der Waals surface area contributed by atoms with E-state index in [-0.39, 0.29) is 6.61 Å². The SMILES string of the molecule is OCc1cccc(-c2nc(N3CCNCC3)cc(N3CCOCC3)n2)c1. The molecule has 0 atom stereocenters. The predicted octanol–water partition coefficient (Wildman–Crippen LogP) is 0.882. The van der Waals surface area contributed by atoms with Crippen LogP contribution in [0.3, 0.4) is 0 Å². The van der Waals surface area contributed by atoms with Gasteiger partial charge in [-0.05, 0) is 11.6 Å². The van der Waals surface area contributed by atoms with E-state index in [1.54, 1.807) is 0 Å². The minimum absolute atomic E-state index is 0.0155. The number of benzene rings is 1. The zero-order valence-electron chi connectivity index (χ0n) is 14.9. The van der Waals surface area contributed by atoms with Crippen molar-refractivity contribution >= 4 is 11.6 Å². The smallest absolute Gasteiger partial charge is 0.163 e. The summed E-state index contributed by atoms with van der Waals surface area (Å²) >= 11 is 0. The molecule has 7 nitrogen and oxygen atoms in total. The average molecular weight is 355 g/mol. The van der Waals surface area contributed by atoms with Gasteiger partial charge >= 0.3 is 0 Å². The molecule has 0 saturated carbocycles. The Morgan fingerprint density at radius 1 is 0.962 bits per heavy atom. The molecule has 2 fully saturated rings. The summed E-state index contributed by atoms with van der Waals surface area (Å²) in [7, 11) is 0. The number of nitrogens with zero attached hydrogens (tertiary/aromatic N) is 4. The molecule has 2 saturated heterocycles. The maximum absolute atomic E-state index is 9.45. The lowest BCUT2D eigenvalue weighted by Crippen LogP contribution is -2.44. The molecular weight excluding hydrogens is 330 g/mol. The third kappa shape index (κ3) is 3.80. The molecule has 2 aromatic rings. The van der Waals surface area contributed by atoms with Gasteiger partial charge in [0.05, 0.1) is 19.8 Å². The zero-order chi connectivity index (χ0) is 17.8. The Bertz CT molecular complexity index is 706. The first-order valence-electron chi connectivity index (χ1n) is 9.21. The zero-order valence-corrected chi connectivity index (χ0v) is 14.9. The highest BCUT2D eigenvalue weighted by Gasteiger charge is 2.19. The van der Waals surface area contributed by atoms with Gasteiger partial charge in [0.1, 0.15) is 11.6 Å². The van der Waals surface area contributed by atoms with Crippen LogP contribution in [0.4, 0.5) is 11.6 Å². The third-order valence-electron chi connectivity index (χ3n) is 4.84. The van der Waals surface area contributed by atoms with E-state index >= 15 is 0 Å². The monoisotopic (exact) mass is 355 g/mol. The molecule has 26 heavy (non-hydrogen) atoms. The second-order valence-corrected chi connectivity index (χ2v) is 6.60. The maximum Gasteiger partial charge on any atom is 0.163 e. The van der Waals surface area contributed by atoms with Crippen LogP contribution in [0, 0.1) is 0 Å². The fraction of sp³-hybridized carbons (Fsp3) is 0.474. The van der Waals surface area contributed by atoms with Gasteiger partial charge in [-0.2, -0.15) is 0 Å². The molecule has 0 radical (unpaired) electrons. The number of aromatic nitrogens is 2. The third-order valence-corrected chi connectivity index (χ3v) is 4.84. The summed E-state index contributed by atoms with van der Waals surface area (Å²) in [6, 6.07) is 9.90. The number of anilines is 2. The van der Waals surface area contributed by atoms with Crippen LogP contribution in [0.2, 0.25) is 0 Å². The first-order chi connectivity index (χ1) is 12.8. The van der Waals surface area contributed by atoms with Crippen molar-refractivity contribution in [2.75, 3.05) is 62.3 Å². The molecule has 3 heterocycles. The molecule has 2 aliphatic heterocycles. The number of ether oxygens (including phenoxy) is 1. The molecule has 0 amide bonds. The molecule has 138 valence electrons. The molecule has 1 aromatic carbocycles. The van der Waals surface area contributed by atoms with E-state index in [2.05, 4.69) is 21.2 Å². The highest BCUT2D eigenvalue weighted by atomic mass is 16.5. The fourth-order valence-electron chi connectivity index (χ4n) is 3.37. The Labute approximate surface area is 153 Å². The second kappa shape index (κ2) is 7.99. The van der Waals surface area contributed by atoms with Crippen LogP contribution in [0.25, 0.3) is 11.4 Å². The summed E-state index contributed by atoms with van der Waals surface area (Å²) in [6.45, 7) is 6.96. The number of rotatable bonds is 4. The summed E-state index contributed by atoms with van der Waals surface area (Å²) < 4.78 is 5.48. The van der Waals surface area contributed by atoms with Crippen molar-refractivity contribution in [1.29, 1.82) is 0 Å². The highest BCUT2D eigenvalue weighted by Crippen LogP contribution is 2.26. The topological polar surface area (TPSA) is 73.8 Å². The summed E-state index contributed by atoms with van der Waals surface area (Å²) in [5.41, 5.74) is 1.80. The van der Waals surface area contributed by atoms with E-state index in [9.17, 15) is 5.11 Å². The molecule has 4 rings (SSSR count). The van der Waals surface area contributed by atoms with Crippen molar-refractivity contribution < 1.29 is 9.84 Å². The predicted molar refractivity (Wildman–Crippen MR) is 102 cm³/mol. The van der Waals surface area contributed by atoms with E-state index in [1.165, 1.54) is 0 Å². The van der Waals surface area contributed by atoms with Gasteiger partial charge in [-0.1, -0.05) is 18.2 Å². The molecule has 0 spiro atoms. The van der Waals surface area contributed by atoms with Gasteiger partial charge in [0.2, 0.25) is 0 Å². The van der Waals surface area contributed by atoms with E-state index in [4.69, 9.17) is 14.7 Å². The van der Waals surface area contributed by atoms with Crippen LogP contribution < -0.4 is 15.1 Å². The van der Waals surface area contributed by atoms with Crippen LogP contribution in [-0.2, 0) is 11.3 Å². The molecular formula is C19H25N5O2. The Morgan fingerprint density at radius 3 is 2.35 bits per heavy atom. The van der Waals surface area contributed by atoms with Gasteiger partial charge in [0.15, 0.2) is 5.82 Å². The number of morpholine rings is 1. The number of aliphatic hydroxyl groups excluding tert-OH is 1. The van der Waals surface area contributed by atoms with Gasteiger partial charge < -0.3 is 25.0 Å². The van der Waals surface area contributed by atoms with Crippen molar-refractivity contribution in [3.63, 3.8) is 0 Å². The number of hydrogen-bond donors (Lipinski definition) is 2. The van der Waals surface area contributed by atoms with Crippen molar-refractivity contribution in [1.82, 2.24) is 15.3 Å². The molecule has 2 aliphatic rings. The van der Waals surface area contributed by atoms with Gasteiger partial charge in [-0.15, -0.1) is 0 Å². The van der Waals surface area contributed by atoms with Crippen molar-refractivity contribution in [3.05, 3.63) is 35.9 Å². The molecule has 2 N–H and O–H groups in total. The normalized spacial score (nSPS) is 18.2. The molecule has 1 aromatic heterocycles. The summed E-state index contributed by atoms with van der Waals surface area (Å²) in [4.78, 5) is 14.2. The van der Waals surface area contributed by atoms with Crippen molar-refractivity contribution in [2.24, 2.45) is 0 Å². The van der Waals surface area contributed by atoms with Crippen molar-refractivity contribution in [3.8, 4) is 11.4 Å². The van der Waals surface area contributed by atoms with Crippen LogP contribution in [0.5, 0.6) is 0 Å². The van der Waals surface area contributed by atoms with Crippen molar-refractivity contribution in [2.45, 2.75) is 6.61 Å². The highest BCUT2D eigenvalue weighted by molar-refractivity contribution is 5.63. The summed E-state index contributed by atoms with van der Waals surface area (Å²) in [6.07, 6.45) is 0. The van der Waals surface area contributed by atoms with Gasteiger partial charge in [0.25, 0.3) is 0 Å². The minimum Gasteiger partial charge on any atom is -0.392 e. The van der Waals surface area contributed by atoms with Gasteiger partial charge in [-0.3, -0.25) is 0 Å². The van der Waals surface area contributed by atoms with Gasteiger partial charge in [0, 0.05) is 50.9 Å². The van der Waals surface area contributed by atoms with Crippen LogP contribution >= 0.6 is 0 Å². The molecule has 0 unspecified atom stereocenters. The Morgan fingerprint density at radius 2 is 1.65 bits per heavy atom. The van der Waals surface area contributed by atoms with E-state index in [0.29, 0.717) is 5.82 Å². The number of aliphatic hydroxyl groups is 1. The summed E-state index contributed by atoms with van der Waals surface area (Å²) in [5, 5.41) is 12.8. The summed E-state index contributed by atoms with van der Waals surface area (Å²) in [5.74, 6) is 2.62. The maximum atomic E-state index is 9.45. The second-order valence-electron chi connectivity index (χ2n) is 6.60. The van der Waals surface area contributed by atoms with E-state index < -0.39 is 0 Å². The Hall–Kier alpha value is -2.22. The number of nitrogens with one attached hydrogen (secondary N) is 1. The van der Waals surface area contributed by atoms with Gasteiger partial charge in [-0.25, -0.2) is 9.97 Å². The Kier molecular flexibility index (Phi) is 5.29. The van der Waals surface area contributed by atoms with Crippen LogP contribution in [0.1, 0.15) is 5.56 Å². The quantitative estimate of drug-likeness (QED) is 0.843. The lowest BCUT2D eigenvalue weighted by molar-refractivity contribution is 0.122.